The van der Waals surface area contributed by atoms with Gasteiger partial charge in [0.25, 0.3) is 5.91 Å². The number of carbonyl (C=O) groups excluding carboxylic acids is 1. The minimum Gasteiger partial charge on any atom is -0.357 e. The number of anilines is 2. The van der Waals surface area contributed by atoms with Crippen molar-refractivity contribution < 1.29 is 18.0 Å². The van der Waals surface area contributed by atoms with Crippen molar-refractivity contribution in [3.8, 4) is 0 Å². The number of hydrogen-bond donors (Lipinski definition) is 1. The number of rotatable bonds is 4. The Kier molecular flexibility index (Phi) is 6.94. The number of alkyl halides is 3. The number of aryl methyl sites for hydroxylation is 1. The first kappa shape index (κ1) is 25.5. The van der Waals surface area contributed by atoms with Crippen LogP contribution in [0.5, 0.6) is 0 Å². The van der Waals surface area contributed by atoms with Crippen molar-refractivity contribution in [2.75, 3.05) is 31.5 Å². The summed E-state index contributed by atoms with van der Waals surface area (Å²) in [6.07, 6.45) is 0.272. The largest absolute Gasteiger partial charge is 0.416 e. The maximum atomic E-state index is 13.1. The number of amides is 1. The second-order valence-electron chi connectivity index (χ2n) is 8.87. The third kappa shape index (κ3) is 5.28. The van der Waals surface area contributed by atoms with Crippen molar-refractivity contribution in [3.05, 3.63) is 89.6 Å². The number of thiocarbonyl (C=S) groups is 1. The summed E-state index contributed by atoms with van der Waals surface area (Å²) in [4.78, 5) is 30.2. The number of halogens is 3. The zero-order valence-electron chi connectivity index (χ0n) is 20.4. The molecule has 38 heavy (non-hydrogen) atoms. The zero-order chi connectivity index (χ0) is 26.9. The van der Waals surface area contributed by atoms with Crippen LogP contribution in [0.1, 0.15) is 27.3 Å². The van der Waals surface area contributed by atoms with Crippen LogP contribution in [-0.2, 0) is 6.18 Å². The molecular formula is C27H23F3N6OS. The number of aromatic nitrogens is 3. The lowest BCUT2D eigenvalue weighted by Gasteiger charge is -2.36. The van der Waals surface area contributed by atoms with Gasteiger partial charge in [0.2, 0.25) is 0 Å². The van der Waals surface area contributed by atoms with E-state index < -0.39 is 11.7 Å². The van der Waals surface area contributed by atoms with Crippen molar-refractivity contribution in [1.82, 2.24) is 24.8 Å². The van der Waals surface area contributed by atoms with Gasteiger partial charge >= 0.3 is 6.18 Å². The predicted molar refractivity (Wildman–Crippen MR) is 142 cm³/mol. The Bertz CT molecular complexity index is 1500. The molecule has 4 aromatic rings. The van der Waals surface area contributed by atoms with Gasteiger partial charge in [-0.05, 0) is 49.4 Å². The Labute approximate surface area is 222 Å². The van der Waals surface area contributed by atoms with Crippen LogP contribution in [0, 0.1) is 6.92 Å². The molecule has 1 saturated heterocycles. The predicted octanol–water partition coefficient (Wildman–Crippen LogP) is 5.23. The summed E-state index contributed by atoms with van der Waals surface area (Å²) in [5, 5.41) is 3.77. The third-order valence-corrected chi connectivity index (χ3v) is 6.87. The Hall–Kier alpha value is -4.12. The highest BCUT2D eigenvalue weighted by Crippen LogP contribution is 2.33. The molecule has 0 unspecified atom stereocenters. The summed E-state index contributed by atoms with van der Waals surface area (Å²) in [6.45, 7) is 4.13. The number of benzene rings is 2. The molecule has 2 aromatic heterocycles. The first-order valence-electron chi connectivity index (χ1n) is 11.9. The smallest absolute Gasteiger partial charge is 0.357 e. The Morgan fingerprint density at radius 3 is 2.26 bits per heavy atom. The van der Waals surface area contributed by atoms with Crippen LogP contribution in [0.2, 0.25) is 0 Å². The molecule has 3 heterocycles. The van der Waals surface area contributed by atoms with E-state index in [1.54, 1.807) is 47.6 Å². The fourth-order valence-electron chi connectivity index (χ4n) is 4.35. The van der Waals surface area contributed by atoms with Gasteiger partial charge in [-0.1, -0.05) is 18.3 Å². The van der Waals surface area contributed by atoms with Gasteiger partial charge in [-0.25, -0.2) is 0 Å². The second-order valence-corrected chi connectivity index (χ2v) is 9.25. The number of nitrogens with one attached hydrogen (secondary N) is 1. The van der Waals surface area contributed by atoms with Gasteiger partial charge in [0.05, 0.1) is 16.8 Å². The number of hydrogen-bond acceptors (Lipinski definition) is 6. The number of fused-ring (bicyclic) bond motifs is 1. The fraction of sp³-hybridized carbons (Fsp3) is 0.222. The molecule has 0 atom stereocenters. The quantitative estimate of drug-likeness (QED) is 0.358. The molecule has 0 aliphatic carbocycles. The molecule has 0 radical (unpaired) electrons. The summed E-state index contributed by atoms with van der Waals surface area (Å²) >= 11 is 5.60. The maximum Gasteiger partial charge on any atom is 0.416 e. The molecular weight excluding hydrogens is 513 g/mol. The summed E-state index contributed by atoms with van der Waals surface area (Å²) in [7, 11) is 0. The normalized spacial score (nSPS) is 14.0. The Balaban J connectivity index is 1.23. The molecule has 2 aromatic carbocycles. The highest BCUT2D eigenvalue weighted by Gasteiger charge is 2.30. The van der Waals surface area contributed by atoms with E-state index in [4.69, 9.17) is 12.2 Å². The van der Waals surface area contributed by atoms with E-state index in [1.165, 1.54) is 12.3 Å². The van der Waals surface area contributed by atoms with Crippen LogP contribution in [0.25, 0.3) is 10.9 Å². The molecule has 0 bridgehead atoms. The van der Waals surface area contributed by atoms with Crippen LogP contribution < -0.4 is 5.32 Å². The van der Waals surface area contributed by atoms with Gasteiger partial charge in [0.15, 0.2) is 0 Å². The van der Waals surface area contributed by atoms with Gasteiger partial charge in [0.1, 0.15) is 10.7 Å². The Morgan fingerprint density at radius 1 is 0.895 bits per heavy atom. The molecule has 1 aliphatic heterocycles. The van der Waals surface area contributed by atoms with Gasteiger partial charge in [0, 0.05) is 67.1 Å². The monoisotopic (exact) mass is 536 g/mol. The van der Waals surface area contributed by atoms with Crippen LogP contribution in [0.4, 0.5) is 24.5 Å². The second kappa shape index (κ2) is 10.3. The summed E-state index contributed by atoms with van der Waals surface area (Å²) in [6, 6.07) is 12.2. The molecule has 11 heteroatoms. The number of piperazine rings is 1. The lowest BCUT2D eigenvalue weighted by Crippen LogP contribution is -2.50. The molecule has 1 amide bonds. The lowest BCUT2D eigenvalue weighted by molar-refractivity contribution is -0.137. The van der Waals surface area contributed by atoms with E-state index in [2.05, 4.69) is 20.3 Å². The summed E-state index contributed by atoms with van der Waals surface area (Å²) in [5.74, 6) is -0.0770. The van der Waals surface area contributed by atoms with E-state index in [-0.39, 0.29) is 11.4 Å². The van der Waals surface area contributed by atoms with Crippen molar-refractivity contribution in [1.29, 1.82) is 0 Å². The molecule has 194 valence electrons. The van der Waals surface area contributed by atoms with E-state index in [1.807, 2.05) is 11.8 Å². The SMILES string of the molecule is Cc1nccnc1C(=S)N1CCN(C(=O)c2ccc(Nc3ccnc4cc(C(F)(F)F)ccc34)cc2)CC1. The summed E-state index contributed by atoms with van der Waals surface area (Å²) < 4.78 is 39.2. The van der Waals surface area contributed by atoms with Crippen molar-refractivity contribution in [2.45, 2.75) is 13.1 Å². The number of nitrogens with zero attached hydrogens (tertiary/aromatic N) is 5. The van der Waals surface area contributed by atoms with E-state index in [0.29, 0.717) is 59.2 Å². The Morgan fingerprint density at radius 2 is 1.58 bits per heavy atom. The number of pyridine rings is 1. The molecule has 7 nitrogen and oxygen atoms in total. The van der Waals surface area contributed by atoms with Crippen LogP contribution in [-0.4, -0.2) is 61.8 Å². The van der Waals surface area contributed by atoms with Crippen molar-refractivity contribution >= 4 is 45.4 Å². The highest BCUT2D eigenvalue weighted by molar-refractivity contribution is 7.80. The average Bonchev–Trinajstić information content (AvgIpc) is 2.92. The standard InChI is InChI=1S/C27H23F3N6OS/c1-17-24(33-11-10-31-17)26(38)36-14-12-35(13-15-36)25(37)18-2-5-20(6-3-18)34-22-8-9-32-23-16-19(27(28,29)30)4-7-21(22)23/h2-11,16H,12-15H2,1H3,(H,32,34). The molecule has 1 fully saturated rings. The third-order valence-electron chi connectivity index (χ3n) is 6.42. The van der Waals surface area contributed by atoms with Gasteiger partial charge in [-0.15, -0.1) is 0 Å². The average molecular weight is 537 g/mol. The van der Waals surface area contributed by atoms with Crippen LogP contribution in [0.15, 0.2) is 67.1 Å². The minimum atomic E-state index is -4.43. The van der Waals surface area contributed by atoms with Crippen LogP contribution >= 0.6 is 12.2 Å². The van der Waals surface area contributed by atoms with Gasteiger partial charge in [-0.2, -0.15) is 13.2 Å². The van der Waals surface area contributed by atoms with E-state index in [0.717, 1.165) is 17.8 Å². The van der Waals surface area contributed by atoms with Gasteiger partial charge in [-0.3, -0.25) is 19.7 Å². The van der Waals surface area contributed by atoms with E-state index >= 15 is 0 Å². The summed E-state index contributed by atoms with van der Waals surface area (Å²) in [5.41, 5.74) is 2.82. The van der Waals surface area contributed by atoms with Crippen molar-refractivity contribution in [3.63, 3.8) is 0 Å². The fourth-order valence-corrected chi connectivity index (χ4v) is 4.73. The first-order chi connectivity index (χ1) is 18.2. The van der Waals surface area contributed by atoms with Crippen molar-refractivity contribution in [2.24, 2.45) is 0 Å². The number of carbonyl (C=O) groups is 1. The highest BCUT2D eigenvalue weighted by atomic mass is 32.1. The maximum absolute atomic E-state index is 13.1. The topological polar surface area (TPSA) is 74.2 Å². The molecule has 0 saturated carbocycles. The lowest BCUT2D eigenvalue weighted by atomic mass is 10.1. The molecule has 1 N–H and O–H groups in total. The van der Waals surface area contributed by atoms with Gasteiger partial charge < -0.3 is 15.1 Å². The first-order valence-corrected chi connectivity index (χ1v) is 12.3. The minimum absolute atomic E-state index is 0.0770. The zero-order valence-corrected chi connectivity index (χ0v) is 21.2. The molecule has 0 spiro atoms. The van der Waals surface area contributed by atoms with Crippen LogP contribution in [0.3, 0.4) is 0 Å². The van der Waals surface area contributed by atoms with E-state index in [9.17, 15) is 18.0 Å². The molecule has 1 aliphatic rings. The molecule has 5 rings (SSSR count).